The Balaban J connectivity index is 1.60. The van der Waals surface area contributed by atoms with Crippen molar-refractivity contribution in [3.05, 3.63) is 95.8 Å². The van der Waals surface area contributed by atoms with Crippen LogP contribution < -0.4 is 10.1 Å². The van der Waals surface area contributed by atoms with Gasteiger partial charge in [-0.15, -0.1) is 0 Å². The number of carbonyl (C=O) groups is 1. The lowest BCUT2D eigenvalue weighted by atomic mass is 10.2. The number of sulfone groups is 1. The van der Waals surface area contributed by atoms with Crippen molar-refractivity contribution in [1.82, 2.24) is 0 Å². The minimum absolute atomic E-state index is 0.0747. The van der Waals surface area contributed by atoms with Gasteiger partial charge in [0.2, 0.25) is 5.91 Å². The van der Waals surface area contributed by atoms with Crippen LogP contribution in [0.15, 0.2) is 83.8 Å². The molecule has 1 amide bonds. The lowest BCUT2D eigenvalue weighted by Crippen LogP contribution is -2.10. The molecule has 0 saturated carbocycles. The smallest absolute Gasteiger partial charge is 0.248 e. The number of anilines is 1. The van der Waals surface area contributed by atoms with E-state index in [1.54, 1.807) is 30.3 Å². The Bertz CT molecular complexity index is 1160. The van der Waals surface area contributed by atoms with Gasteiger partial charge in [-0.05, 0) is 47.5 Å². The molecule has 30 heavy (non-hydrogen) atoms. The highest BCUT2D eigenvalue weighted by molar-refractivity contribution is 7.90. The van der Waals surface area contributed by atoms with Crippen LogP contribution in [0.5, 0.6) is 5.75 Å². The molecule has 1 N–H and O–H groups in total. The van der Waals surface area contributed by atoms with Crippen LogP contribution in [0.4, 0.5) is 10.1 Å². The number of hydrogen-bond donors (Lipinski definition) is 1. The van der Waals surface area contributed by atoms with Gasteiger partial charge in [0.1, 0.15) is 18.2 Å². The first-order valence-corrected chi connectivity index (χ1v) is 11.0. The molecule has 0 heterocycles. The molecule has 3 aromatic rings. The standard InChI is InChI=1S/C23H20FNO4S/c1-30(27,28)20-12-13-21(24)22(15-20)25-23(26)14-9-17-7-10-19(11-8-17)29-16-18-5-3-2-4-6-18/h2-15H,16H2,1H3,(H,25,26)/b14-9+. The highest BCUT2D eigenvalue weighted by Crippen LogP contribution is 2.20. The van der Waals surface area contributed by atoms with Crippen molar-refractivity contribution in [3.8, 4) is 5.75 Å². The lowest BCUT2D eigenvalue weighted by Gasteiger charge is -2.07. The number of rotatable bonds is 7. The van der Waals surface area contributed by atoms with Crippen LogP contribution >= 0.6 is 0 Å². The molecule has 0 spiro atoms. The summed E-state index contributed by atoms with van der Waals surface area (Å²) in [6.07, 6.45) is 3.82. The monoisotopic (exact) mass is 425 g/mol. The molecule has 0 unspecified atom stereocenters. The van der Waals surface area contributed by atoms with Gasteiger partial charge < -0.3 is 10.1 Å². The van der Waals surface area contributed by atoms with E-state index in [1.165, 1.54) is 6.08 Å². The summed E-state index contributed by atoms with van der Waals surface area (Å²) in [7, 11) is -3.51. The minimum atomic E-state index is -3.51. The van der Waals surface area contributed by atoms with Gasteiger partial charge in [0.05, 0.1) is 10.6 Å². The Hall–Kier alpha value is -3.45. The van der Waals surface area contributed by atoms with Gasteiger partial charge in [0.25, 0.3) is 0 Å². The van der Waals surface area contributed by atoms with Crippen molar-refractivity contribution in [2.75, 3.05) is 11.6 Å². The summed E-state index contributed by atoms with van der Waals surface area (Å²) in [5.74, 6) is -0.604. The average Bonchev–Trinajstić information content (AvgIpc) is 2.73. The van der Waals surface area contributed by atoms with Crippen LogP contribution in [0.1, 0.15) is 11.1 Å². The fraction of sp³-hybridized carbons (Fsp3) is 0.0870. The van der Waals surface area contributed by atoms with Crippen LogP contribution in [0.25, 0.3) is 6.08 Å². The molecule has 0 atom stereocenters. The predicted molar refractivity (Wildman–Crippen MR) is 114 cm³/mol. The van der Waals surface area contributed by atoms with E-state index in [4.69, 9.17) is 4.74 Å². The largest absolute Gasteiger partial charge is 0.489 e. The molecule has 0 radical (unpaired) electrons. The van der Waals surface area contributed by atoms with Gasteiger partial charge in [-0.2, -0.15) is 0 Å². The summed E-state index contributed by atoms with van der Waals surface area (Å²) in [4.78, 5) is 12.0. The van der Waals surface area contributed by atoms with Gasteiger partial charge in [0.15, 0.2) is 9.84 Å². The average molecular weight is 425 g/mol. The fourth-order valence-electron chi connectivity index (χ4n) is 2.59. The molecule has 5 nitrogen and oxygen atoms in total. The van der Waals surface area contributed by atoms with Crippen molar-refractivity contribution in [3.63, 3.8) is 0 Å². The van der Waals surface area contributed by atoms with E-state index in [-0.39, 0.29) is 10.6 Å². The highest BCUT2D eigenvalue weighted by atomic mass is 32.2. The van der Waals surface area contributed by atoms with Gasteiger partial charge in [-0.25, -0.2) is 12.8 Å². The quantitative estimate of drug-likeness (QED) is 0.448. The number of ether oxygens (including phenoxy) is 1. The first kappa shape index (κ1) is 21.3. The Kier molecular flexibility index (Phi) is 6.64. The molecular formula is C23H20FNO4S. The number of nitrogens with one attached hydrogen (secondary N) is 1. The van der Waals surface area contributed by atoms with E-state index in [2.05, 4.69) is 5.32 Å². The van der Waals surface area contributed by atoms with Crippen molar-refractivity contribution < 1.29 is 22.3 Å². The van der Waals surface area contributed by atoms with Crippen LogP contribution in [0.3, 0.4) is 0 Å². The molecule has 7 heteroatoms. The van der Waals surface area contributed by atoms with Crippen molar-refractivity contribution in [2.45, 2.75) is 11.5 Å². The second-order valence-corrected chi connectivity index (χ2v) is 8.60. The summed E-state index contributed by atoms with van der Waals surface area (Å²) >= 11 is 0. The normalized spacial score (nSPS) is 11.4. The van der Waals surface area contributed by atoms with Crippen molar-refractivity contribution >= 4 is 27.5 Å². The number of benzene rings is 3. The molecule has 0 aliphatic carbocycles. The first-order chi connectivity index (χ1) is 14.3. The summed E-state index contributed by atoms with van der Waals surface area (Å²) in [5, 5.41) is 2.35. The molecule has 0 aliphatic rings. The zero-order valence-corrected chi connectivity index (χ0v) is 17.0. The third-order valence-corrected chi connectivity index (χ3v) is 5.29. The van der Waals surface area contributed by atoms with Crippen molar-refractivity contribution in [1.29, 1.82) is 0 Å². The molecule has 3 aromatic carbocycles. The van der Waals surface area contributed by atoms with E-state index in [0.29, 0.717) is 12.4 Å². The summed E-state index contributed by atoms with van der Waals surface area (Å²) in [6.45, 7) is 0.455. The molecule has 154 valence electrons. The number of carbonyl (C=O) groups excluding carboxylic acids is 1. The van der Waals surface area contributed by atoms with Gasteiger partial charge in [0, 0.05) is 12.3 Å². The number of hydrogen-bond acceptors (Lipinski definition) is 4. The number of halogens is 1. The molecule has 0 aliphatic heterocycles. The molecule has 0 aromatic heterocycles. The first-order valence-electron chi connectivity index (χ1n) is 9.07. The predicted octanol–water partition coefficient (Wildman–Crippen LogP) is 4.46. The Morgan fingerprint density at radius 3 is 2.40 bits per heavy atom. The van der Waals surface area contributed by atoms with E-state index in [9.17, 15) is 17.6 Å². The Labute approximate surface area is 174 Å². The maximum Gasteiger partial charge on any atom is 0.248 e. The van der Waals surface area contributed by atoms with E-state index in [0.717, 1.165) is 35.6 Å². The topological polar surface area (TPSA) is 72.5 Å². The van der Waals surface area contributed by atoms with Crippen molar-refractivity contribution in [2.24, 2.45) is 0 Å². The van der Waals surface area contributed by atoms with E-state index >= 15 is 0 Å². The Morgan fingerprint density at radius 1 is 1.03 bits per heavy atom. The lowest BCUT2D eigenvalue weighted by molar-refractivity contribution is -0.111. The SMILES string of the molecule is CS(=O)(=O)c1ccc(F)c(NC(=O)/C=C/c2ccc(OCc3ccccc3)cc2)c1. The third-order valence-electron chi connectivity index (χ3n) is 4.18. The molecule has 0 saturated heterocycles. The van der Waals surface area contributed by atoms with Crippen LogP contribution in [0.2, 0.25) is 0 Å². The molecular weight excluding hydrogens is 405 g/mol. The summed E-state index contributed by atoms with van der Waals surface area (Å²) < 4.78 is 42.8. The van der Waals surface area contributed by atoms with E-state index < -0.39 is 21.6 Å². The van der Waals surface area contributed by atoms with Crippen LogP contribution in [-0.4, -0.2) is 20.6 Å². The zero-order valence-electron chi connectivity index (χ0n) is 16.2. The molecule has 0 bridgehead atoms. The molecule has 3 rings (SSSR count). The highest BCUT2D eigenvalue weighted by Gasteiger charge is 2.12. The molecule has 0 fully saturated rings. The number of amides is 1. The van der Waals surface area contributed by atoms with E-state index in [1.807, 2.05) is 30.3 Å². The van der Waals surface area contributed by atoms with Gasteiger partial charge in [-0.3, -0.25) is 4.79 Å². The van der Waals surface area contributed by atoms with Crippen LogP contribution in [0, 0.1) is 5.82 Å². The second-order valence-electron chi connectivity index (χ2n) is 6.58. The van der Waals surface area contributed by atoms with Gasteiger partial charge >= 0.3 is 0 Å². The summed E-state index contributed by atoms with van der Waals surface area (Å²) in [6, 6.07) is 20.2. The fourth-order valence-corrected chi connectivity index (χ4v) is 3.24. The van der Waals surface area contributed by atoms with Crippen LogP contribution in [-0.2, 0) is 21.2 Å². The third kappa shape index (κ3) is 6.02. The van der Waals surface area contributed by atoms with Gasteiger partial charge in [-0.1, -0.05) is 42.5 Å². The minimum Gasteiger partial charge on any atom is -0.489 e. The maximum atomic E-state index is 13.9. The second kappa shape index (κ2) is 9.37. The maximum absolute atomic E-state index is 13.9. The zero-order chi connectivity index (χ0) is 21.6. The summed E-state index contributed by atoms with van der Waals surface area (Å²) in [5.41, 5.74) is 1.62. The Morgan fingerprint density at radius 2 is 1.73 bits per heavy atom.